The number of aromatic nitrogens is 4. The van der Waals surface area contributed by atoms with E-state index >= 15 is 0 Å². The number of furan rings is 2. The fourth-order valence-corrected chi connectivity index (χ4v) is 9.30. The van der Waals surface area contributed by atoms with Gasteiger partial charge in [0.1, 0.15) is 22.3 Å². The molecule has 0 spiro atoms. The molecule has 0 saturated carbocycles. The topological polar surface area (TPSA) is 69.9 Å². The van der Waals surface area contributed by atoms with Gasteiger partial charge < -0.3 is 13.4 Å². The van der Waals surface area contributed by atoms with Crippen LogP contribution in [0.4, 0.5) is 0 Å². The minimum atomic E-state index is 0.563. The van der Waals surface area contributed by atoms with Crippen molar-refractivity contribution in [3.63, 3.8) is 0 Å². The molecule has 0 bridgehead atoms. The van der Waals surface area contributed by atoms with Gasteiger partial charge in [-0.3, -0.25) is 0 Å². The lowest BCUT2D eigenvalue weighted by Crippen LogP contribution is -2.01. The van der Waals surface area contributed by atoms with Crippen molar-refractivity contribution in [3.8, 4) is 62.1 Å². The number of rotatable bonds is 6. The van der Waals surface area contributed by atoms with Crippen LogP contribution >= 0.6 is 0 Å². The van der Waals surface area contributed by atoms with Crippen LogP contribution in [0.15, 0.2) is 215 Å². The van der Waals surface area contributed by atoms with E-state index in [4.69, 9.17) is 23.8 Å². The predicted molar refractivity (Wildman–Crippen MR) is 256 cm³/mol. The van der Waals surface area contributed by atoms with Crippen LogP contribution < -0.4 is 0 Å². The van der Waals surface area contributed by atoms with E-state index in [2.05, 4.69) is 150 Å². The Morgan fingerprint density at radius 3 is 1.59 bits per heavy atom. The predicted octanol–water partition coefficient (Wildman–Crippen LogP) is 15.1. The average molecular weight is 807 g/mol. The van der Waals surface area contributed by atoms with E-state index in [1.165, 1.54) is 5.39 Å². The minimum absolute atomic E-state index is 0.563. The maximum absolute atomic E-state index is 6.35. The fraction of sp³-hybridized carbons (Fsp3) is 0. The second-order valence-electron chi connectivity index (χ2n) is 16.0. The largest absolute Gasteiger partial charge is 0.456 e. The van der Waals surface area contributed by atoms with E-state index in [0.29, 0.717) is 17.5 Å². The Kier molecular flexibility index (Phi) is 7.80. The number of hydrogen-bond donors (Lipinski definition) is 0. The lowest BCUT2D eigenvalue weighted by atomic mass is 9.98. The third-order valence-corrected chi connectivity index (χ3v) is 12.2. The standard InChI is InChI=1S/C57H34N4O2/c1-3-14-35(15-4-1)39-30-40(36-16-5-2-6-17-36)32-41(31-39)61-48-22-10-7-18-42(48)43-28-26-38(34-49(43)61)56-58-55(37-27-29-52-47(33-37)44-19-8-11-23-50(44)62-52)59-57(60-56)46-21-13-25-53-54(46)45-20-9-12-24-51(45)63-53/h1-34H. The summed E-state index contributed by atoms with van der Waals surface area (Å²) in [6, 6.07) is 71.8. The molecular formula is C57H34N4O2. The molecule has 4 heterocycles. The summed E-state index contributed by atoms with van der Waals surface area (Å²) in [7, 11) is 0. The van der Waals surface area contributed by atoms with Gasteiger partial charge in [-0.15, -0.1) is 0 Å². The molecule has 0 aliphatic rings. The lowest BCUT2D eigenvalue weighted by Gasteiger charge is -2.14. The molecule has 0 unspecified atom stereocenters. The highest BCUT2D eigenvalue weighted by atomic mass is 16.3. The monoisotopic (exact) mass is 806 g/mol. The van der Waals surface area contributed by atoms with Gasteiger partial charge in [-0.05, 0) is 89.0 Å². The first-order valence-electron chi connectivity index (χ1n) is 21.1. The summed E-state index contributed by atoms with van der Waals surface area (Å²) < 4.78 is 14.9. The molecule has 6 nitrogen and oxygen atoms in total. The van der Waals surface area contributed by atoms with E-state index in [9.17, 15) is 0 Å². The van der Waals surface area contributed by atoms with Crippen LogP contribution in [0.2, 0.25) is 0 Å². The summed E-state index contributed by atoms with van der Waals surface area (Å²) in [5.74, 6) is 1.70. The highest BCUT2D eigenvalue weighted by Crippen LogP contribution is 2.40. The minimum Gasteiger partial charge on any atom is -0.456 e. The van der Waals surface area contributed by atoms with Gasteiger partial charge in [0.15, 0.2) is 17.5 Å². The van der Waals surface area contributed by atoms with E-state index in [0.717, 1.165) is 105 Å². The van der Waals surface area contributed by atoms with Crippen molar-refractivity contribution >= 4 is 65.7 Å². The number of nitrogens with zero attached hydrogens (tertiary/aromatic N) is 4. The van der Waals surface area contributed by atoms with E-state index in [1.807, 2.05) is 60.7 Å². The molecule has 0 saturated heterocycles. The van der Waals surface area contributed by atoms with Crippen LogP contribution in [0.5, 0.6) is 0 Å². The van der Waals surface area contributed by atoms with Crippen LogP contribution in [0.25, 0.3) is 128 Å². The van der Waals surface area contributed by atoms with Crippen LogP contribution in [0.1, 0.15) is 0 Å². The Morgan fingerprint density at radius 2 is 0.841 bits per heavy atom. The Labute approximate surface area is 361 Å². The molecule has 9 aromatic carbocycles. The first-order chi connectivity index (χ1) is 31.2. The first kappa shape index (κ1) is 35.2. The maximum Gasteiger partial charge on any atom is 0.164 e. The summed E-state index contributed by atoms with van der Waals surface area (Å²) >= 11 is 0. The molecule has 0 amide bonds. The molecule has 13 aromatic rings. The Bertz CT molecular complexity index is 3860. The summed E-state index contributed by atoms with van der Waals surface area (Å²) in [5, 5.41) is 6.34. The van der Waals surface area contributed by atoms with Crippen molar-refractivity contribution in [1.29, 1.82) is 0 Å². The van der Waals surface area contributed by atoms with Gasteiger partial charge >= 0.3 is 0 Å². The second kappa shape index (κ2) is 14.0. The molecule has 63 heavy (non-hydrogen) atoms. The molecule has 0 radical (unpaired) electrons. The highest BCUT2D eigenvalue weighted by molar-refractivity contribution is 6.13. The van der Waals surface area contributed by atoms with Gasteiger partial charge in [0, 0.05) is 54.7 Å². The third kappa shape index (κ3) is 5.76. The zero-order chi connectivity index (χ0) is 41.4. The van der Waals surface area contributed by atoms with Gasteiger partial charge in [-0.1, -0.05) is 140 Å². The van der Waals surface area contributed by atoms with Crippen LogP contribution in [0.3, 0.4) is 0 Å². The molecule has 0 aliphatic heterocycles. The average Bonchev–Trinajstić information content (AvgIpc) is 4.03. The van der Waals surface area contributed by atoms with Crippen molar-refractivity contribution in [2.75, 3.05) is 0 Å². The van der Waals surface area contributed by atoms with Gasteiger partial charge in [0.05, 0.1) is 11.0 Å². The fourth-order valence-electron chi connectivity index (χ4n) is 9.30. The molecule has 0 fully saturated rings. The number of benzene rings is 9. The Hall–Kier alpha value is -8.61. The Morgan fingerprint density at radius 1 is 0.302 bits per heavy atom. The van der Waals surface area contributed by atoms with Gasteiger partial charge in [-0.25, -0.2) is 15.0 Å². The summed E-state index contributed by atoms with van der Waals surface area (Å²) in [6.45, 7) is 0. The first-order valence-corrected chi connectivity index (χ1v) is 21.1. The quantitative estimate of drug-likeness (QED) is 0.167. The molecular weight excluding hydrogens is 773 g/mol. The van der Waals surface area contributed by atoms with E-state index in [-0.39, 0.29) is 0 Å². The molecule has 13 rings (SSSR count). The zero-order valence-corrected chi connectivity index (χ0v) is 33.7. The molecule has 4 aromatic heterocycles. The van der Waals surface area contributed by atoms with Crippen molar-refractivity contribution < 1.29 is 8.83 Å². The summed E-state index contributed by atoms with van der Waals surface area (Å²) in [4.78, 5) is 15.8. The van der Waals surface area contributed by atoms with Gasteiger partial charge in [-0.2, -0.15) is 0 Å². The van der Waals surface area contributed by atoms with Crippen molar-refractivity contribution in [2.45, 2.75) is 0 Å². The summed E-state index contributed by atoms with van der Waals surface area (Å²) in [6.07, 6.45) is 0. The van der Waals surface area contributed by atoms with Crippen LogP contribution in [-0.4, -0.2) is 19.5 Å². The zero-order valence-electron chi connectivity index (χ0n) is 33.7. The van der Waals surface area contributed by atoms with Crippen molar-refractivity contribution in [1.82, 2.24) is 19.5 Å². The Balaban J connectivity index is 1.06. The van der Waals surface area contributed by atoms with Crippen molar-refractivity contribution in [3.05, 3.63) is 206 Å². The molecule has 6 heteroatoms. The number of hydrogen-bond acceptors (Lipinski definition) is 5. The highest BCUT2D eigenvalue weighted by Gasteiger charge is 2.21. The SMILES string of the molecule is c1ccc(-c2cc(-c3ccccc3)cc(-n3c4ccccc4c4ccc(-c5nc(-c6ccc7oc8ccccc8c7c6)nc(-c6cccc7oc8ccccc8c67)n5)cc43)c2)cc1. The number of para-hydroxylation sites is 3. The van der Waals surface area contributed by atoms with Crippen LogP contribution in [-0.2, 0) is 0 Å². The smallest absolute Gasteiger partial charge is 0.164 e. The molecule has 0 atom stereocenters. The lowest BCUT2D eigenvalue weighted by molar-refractivity contribution is 0.668. The second-order valence-corrected chi connectivity index (χ2v) is 16.0. The molecule has 294 valence electrons. The molecule has 0 aliphatic carbocycles. The van der Waals surface area contributed by atoms with E-state index < -0.39 is 0 Å². The van der Waals surface area contributed by atoms with Crippen molar-refractivity contribution in [2.24, 2.45) is 0 Å². The number of fused-ring (bicyclic) bond motifs is 9. The van der Waals surface area contributed by atoms with Crippen LogP contribution in [0, 0.1) is 0 Å². The third-order valence-electron chi connectivity index (χ3n) is 12.2. The van der Waals surface area contributed by atoms with Gasteiger partial charge in [0.2, 0.25) is 0 Å². The molecule has 0 N–H and O–H groups in total. The van der Waals surface area contributed by atoms with Gasteiger partial charge in [0.25, 0.3) is 0 Å². The maximum atomic E-state index is 6.35. The van der Waals surface area contributed by atoms with E-state index in [1.54, 1.807) is 0 Å². The summed E-state index contributed by atoms with van der Waals surface area (Å²) in [5.41, 5.74) is 13.7. The normalized spacial score (nSPS) is 11.8.